The topological polar surface area (TPSA) is 38.0 Å². The summed E-state index contributed by atoms with van der Waals surface area (Å²) in [5.74, 6) is 0. The van der Waals surface area contributed by atoms with E-state index in [9.17, 15) is 5.26 Å². The molecule has 0 saturated heterocycles. The fraction of sp³-hybridized carbons (Fsp3) is 0.102. The summed E-state index contributed by atoms with van der Waals surface area (Å²) in [6.07, 6.45) is 0. The predicted octanol–water partition coefficient (Wildman–Crippen LogP) is 13.2. The Morgan fingerprint density at radius 2 is 1.02 bits per heavy atom. The number of nitriles is 1. The first-order valence-electron chi connectivity index (χ1n) is 17.9. The highest BCUT2D eigenvalue weighted by atomic mass is 15.0. The first kappa shape index (κ1) is 32.1. The third kappa shape index (κ3) is 5.03. The summed E-state index contributed by atoms with van der Waals surface area (Å²) >= 11 is 0. The first-order chi connectivity index (χ1) is 25.7. The van der Waals surface area contributed by atoms with E-state index in [1.54, 1.807) is 0 Å². The van der Waals surface area contributed by atoms with Gasteiger partial charge >= 0.3 is 0 Å². The molecular formula is C49H36N4. The van der Waals surface area contributed by atoms with E-state index in [1.807, 2.05) is 30.3 Å². The van der Waals surface area contributed by atoms with Gasteiger partial charge in [-0.25, -0.2) is 4.85 Å². The van der Waals surface area contributed by atoms with Crippen molar-refractivity contribution in [1.29, 1.82) is 5.26 Å². The summed E-state index contributed by atoms with van der Waals surface area (Å²) in [6.45, 7) is 19.2. The maximum Gasteiger partial charge on any atom is 0.197 e. The van der Waals surface area contributed by atoms with Crippen LogP contribution in [0.4, 0.5) is 5.69 Å². The Balaban J connectivity index is 1.44. The molecule has 0 aliphatic carbocycles. The Kier molecular flexibility index (Phi) is 7.33. The smallest absolute Gasteiger partial charge is 0.197 e. The quantitative estimate of drug-likeness (QED) is 0.171. The number of aryl methyl sites for hydroxylation is 5. The summed E-state index contributed by atoms with van der Waals surface area (Å²) in [5.41, 5.74) is 17.4. The fourth-order valence-electron chi connectivity index (χ4n) is 8.26. The van der Waals surface area contributed by atoms with E-state index in [0.29, 0.717) is 11.3 Å². The van der Waals surface area contributed by atoms with Crippen LogP contribution in [0.15, 0.2) is 127 Å². The zero-order valence-electron chi connectivity index (χ0n) is 30.4. The minimum absolute atomic E-state index is 0.583. The number of rotatable bonds is 4. The molecular weight excluding hydrogens is 645 g/mol. The van der Waals surface area contributed by atoms with Gasteiger partial charge in [0.1, 0.15) is 0 Å². The largest absolute Gasteiger partial charge is 0.310 e. The third-order valence-electron chi connectivity index (χ3n) is 10.7. The molecule has 0 unspecified atom stereocenters. The van der Waals surface area contributed by atoms with Crippen molar-refractivity contribution >= 4 is 49.3 Å². The van der Waals surface area contributed by atoms with Crippen molar-refractivity contribution in [1.82, 2.24) is 9.13 Å². The fourth-order valence-corrected chi connectivity index (χ4v) is 8.26. The lowest BCUT2D eigenvalue weighted by Crippen LogP contribution is -2.02. The second kappa shape index (κ2) is 12.1. The summed E-state index contributed by atoms with van der Waals surface area (Å²) in [4.78, 5) is 4.21. The van der Waals surface area contributed by atoms with Crippen LogP contribution < -0.4 is 0 Å². The minimum Gasteiger partial charge on any atom is -0.310 e. The average molecular weight is 681 g/mol. The van der Waals surface area contributed by atoms with Gasteiger partial charge in [0.05, 0.1) is 46.0 Å². The molecule has 0 aliphatic heterocycles. The Morgan fingerprint density at radius 3 is 1.49 bits per heavy atom. The highest BCUT2D eigenvalue weighted by Gasteiger charge is 2.23. The van der Waals surface area contributed by atoms with Crippen LogP contribution in [0.3, 0.4) is 0 Å². The van der Waals surface area contributed by atoms with Gasteiger partial charge in [-0.3, -0.25) is 0 Å². The van der Waals surface area contributed by atoms with Crippen LogP contribution in [0.25, 0.3) is 82.1 Å². The van der Waals surface area contributed by atoms with Gasteiger partial charge in [0.2, 0.25) is 0 Å². The SMILES string of the molecule is [C-]#[N+]c1cccc(-n2c3ccc(C)cc3c3cc(C)ccc32)c1-c1cc(-c2ccc(C#N)cc2C)ccc1-n1c2ccc(C)cc2c2cc(C)ccc21. The first-order valence-corrected chi connectivity index (χ1v) is 17.9. The molecule has 0 spiro atoms. The minimum atomic E-state index is 0.583. The van der Waals surface area contributed by atoms with E-state index in [-0.39, 0.29) is 0 Å². The maximum atomic E-state index is 9.64. The standard InChI is InChI=1S/C49H36N4/c1-29-10-17-43-37(22-29)38-23-30(2)11-18-44(38)52(43)47-21-15-35(36-16-14-34(28-50)26-33(36)5)27-41(47)49-42(51-6)8-7-9-48(49)53-45-19-12-31(3)24-39(45)40-25-32(4)13-20-46(40)53/h7-27H,1-5H3. The average Bonchev–Trinajstić information content (AvgIpc) is 3.64. The lowest BCUT2D eigenvalue weighted by Gasteiger charge is -2.21. The van der Waals surface area contributed by atoms with Crippen LogP contribution in [-0.2, 0) is 0 Å². The zero-order chi connectivity index (χ0) is 36.5. The molecule has 4 heteroatoms. The van der Waals surface area contributed by atoms with Crippen molar-refractivity contribution in [2.45, 2.75) is 34.6 Å². The number of nitrogens with zero attached hydrogens (tertiary/aromatic N) is 4. The third-order valence-corrected chi connectivity index (χ3v) is 10.7. The summed E-state index contributed by atoms with van der Waals surface area (Å²) < 4.78 is 4.72. The zero-order valence-corrected chi connectivity index (χ0v) is 30.4. The Hall–Kier alpha value is -6.88. The highest BCUT2D eigenvalue weighted by Crippen LogP contribution is 2.46. The molecule has 2 aromatic heterocycles. The Bertz CT molecular complexity index is 2960. The van der Waals surface area contributed by atoms with Gasteiger partial charge < -0.3 is 9.13 Å². The molecule has 7 aromatic carbocycles. The second-order valence-corrected chi connectivity index (χ2v) is 14.4. The van der Waals surface area contributed by atoms with Crippen molar-refractivity contribution in [2.75, 3.05) is 0 Å². The van der Waals surface area contributed by atoms with E-state index in [4.69, 9.17) is 6.57 Å². The number of hydrogen-bond acceptors (Lipinski definition) is 1. The normalized spacial score (nSPS) is 11.5. The highest BCUT2D eigenvalue weighted by molar-refractivity contribution is 6.12. The molecule has 0 N–H and O–H groups in total. The monoisotopic (exact) mass is 680 g/mol. The molecule has 252 valence electrons. The van der Waals surface area contributed by atoms with Crippen LogP contribution in [0.2, 0.25) is 0 Å². The van der Waals surface area contributed by atoms with E-state index in [2.05, 4.69) is 152 Å². The molecule has 53 heavy (non-hydrogen) atoms. The van der Waals surface area contributed by atoms with Gasteiger partial charge in [-0.05, 0) is 136 Å². The molecule has 9 aromatic rings. The molecule has 0 saturated carbocycles. The summed E-state index contributed by atoms with van der Waals surface area (Å²) in [5, 5.41) is 14.4. The van der Waals surface area contributed by atoms with Crippen LogP contribution in [0, 0.1) is 52.5 Å². The molecule has 0 fully saturated rings. The molecule has 9 rings (SSSR count). The molecule has 2 heterocycles. The molecule has 0 aliphatic rings. The van der Waals surface area contributed by atoms with Gasteiger partial charge in [-0.1, -0.05) is 70.8 Å². The number of hydrogen-bond donors (Lipinski definition) is 0. The number of benzene rings is 7. The van der Waals surface area contributed by atoms with Crippen molar-refractivity contribution in [3.63, 3.8) is 0 Å². The summed E-state index contributed by atoms with van der Waals surface area (Å²) in [7, 11) is 0. The van der Waals surface area contributed by atoms with Gasteiger partial charge in [0.25, 0.3) is 0 Å². The van der Waals surface area contributed by atoms with Crippen molar-refractivity contribution in [2.24, 2.45) is 0 Å². The van der Waals surface area contributed by atoms with Crippen molar-refractivity contribution in [3.8, 4) is 39.7 Å². The van der Waals surface area contributed by atoms with Crippen LogP contribution >= 0.6 is 0 Å². The van der Waals surface area contributed by atoms with Gasteiger partial charge in [0.15, 0.2) is 5.69 Å². The van der Waals surface area contributed by atoms with Crippen molar-refractivity contribution in [3.05, 3.63) is 172 Å². The van der Waals surface area contributed by atoms with Gasteiger partial charge in [-0.15, -0.1) is 0 Å². The molecule has 0 atom stereocenters. The van der Waals surface area contributed by atoms with E-state index in [0.717, 1.165) is 61.3 Å². The predicted molar refractivity (Wildman–Crippen MR) is 221 cm³/mol. The van der Waals surface area contributed by atoms with Gasteiger partial charge in [0, 0.05) is 32.8 Å². The van der Waals surface area contributed by atoms with Crippen LogP contribution in [-0.4, -0.2) is 9.13 Å². The molecule has 4 nitrogen and oxygen atoms in total. The van der Waals surface area contributed by atoms with Crippen LogP contribution in [0.1, 0.15) is 33.4 Å². The molecule has 0 amide bonds. The number of aromatic nitrogens is 2. The number of fused-ring (bicyclic) bond motifs is 6. The van der Waals surface area contributed by atoms with Gasteiger partial charge in [-0.2, -0.15) is 5.26 Å². The molecule has 0 radical (unpaired) electrons. The maximum absolute atomic E-state index is 9.64. The second-order valence-electron chi connectivity index (χ2n) is 14.4. The lowest BCUT2D eigenvalue weighted by molar-refractivity contribution is 1.16. The van der Waals surface area contributed by atoms with E-state index < -0.39 is 0 Å². The van der Waals surface area contributed by atoms with Crippen molar-refractivity contribution < 1.29 is 0 Å². The Morgan fingerprint density at radius 1 is 0.509 bits per heavy atom. The Labute approximate surface area is 309 Å². The van der Waals surface area contributed by atoms with E-state index >= 15 is 0 Å². The summed E-state index contributed by atoms with van der Waals surface area (Å²) in [6, 6.07) is 47.6. The lowest BCUT2D eigenvalue weighted by atomic mass is 9.92. The molecule has 0 bridgehead atoms. The van der Waals surface area contributed by atoms with Crippen LogP contribution in [0.5, 0.6) is 0 Å². The van der Waals surface area contributed by atoms with E-state index in [1.165, 1.54) is 43.8 Å².